The van der Waals surface area contributed by atoms with Crippen LogP contribution in [0.25, 0.3) is 0 Å². The molecule has 94 valence electrons. The van der Waals surface area contributed by atoms with Gasteiger partial charge in [-0.25, -0.2) is 4.98 Å². The summed E-state index contributed by atoms with van der Waals surface area (Å²) in [5, 5.41) is 0. The van der Waals surface area contributed by atoms with E-state index >= 15 is 0 Å². The maximum atomic E-state index is 6.10. The highest BCUT2D eigenvalue weighted by Crippen LogP contribution is 2.35. The van der Waals surface area contributed by atoms with E-state index in [1.807, 2.05) is 6.20 Å². The molecule has 0 aliphatic carbocycles. The van der Waals surface area contributed by atoms with E-state index in [1.165, 1.54) is 31.5 Å². The van der Waals surface area contributed by atoms with Crippen LogP contribution in [0.15, 0.2) is 12.4 Å². The van der Waals surface area contributed by atoms with Gasteiger partial charge in [0.15, 0.2) is 0 Å². The van der Waals surface area contributed by atoms with E-state index in [0.29, 0.717) is 18.1 Å². The van der Waals surface area contributed by atoms with Crippen LogP contribution in [0.2, 0.25) is 0 Å². The molecule has 3 rings (SSSR count). The van der Waals surface area contributed by atoms with Crippen molar-refractivity contribution in [3.05, 3.63) is 18.2 Å². The van der Waals surface area contributed by atoms with Gasteiger partial charge in [-0.3, -0.25) is 4.90 Å². The van der Waals surface area contributed by atoms with Crippen molar-refractivity contribution in [2.24, 2.45) is 5.73 Å². The van der Waals surface area contributed by atoms with Crippen LogP contribution >= 0.6 is 0 Å². The minimum absolute atomic E-state index is 0.426. The van der Waals surface area contributed by atoms with E-state index < -0.39 is 0 Å². The largest absolute Gasteiger partial charge is 0.334 e. The predicted octanol–water partition coefficient (Wildman–Crippen LogP) is 1.36. The van der Waals surface area contributed by atoms with Crippen LogP contribution in [0.3, 0.4) is 0 Å². The number of nitrogens with two attached hydrogens (primary N) is 1. The molecule has 2 N–H and O–H groups in total. The quantitative estimate of drug-likeness (QED) is 0.859. The predicted molar refractivity (Wildman–Crippen MR) is 67.5 cm³/mol. The first-order valence-corrected chi connectivity index (χ1v) is 6.79. The Morgan fingerprint density at radius 2 is 2.06 bits per heavy atom. The number of rotatable bonds is 3. The first-order chi connectivity index (χ1) is 8.28. The maximum Gasteiger partial charge on any atom is 0.122 e. The van der Waals surface area contributed by atoms with Crippen molar-refractivity contribution < 1.29 is 0 Å². The molecule has 1 aromatic rings. The van der Waals surface area contributed by atoms with Crippen molar-refractivity contribution >= 4 is 0 Å². The Bertz CT molecular complexity index is 373. The Morgan fingerprint density at radius 1 is 1.35 bits per heavy atom. The molecule has 2 saturated heterocycles. The molecule has 2 atom stereocenters. The molecule has 2 bridgehead atoms. The number of nitrogens with zero attached hydrogens (tertiary/aromatic N) is 3. The second kappa shape index (κ2) is 4.42. The molecule has 0 amide bonds. The fourth-order valence-corrected chi connectivity index (χ4v) is 3.52. The molecule has 4 nitrogen and oxygen atoms in total. The van der Waals surface area contributed by atoms with Crippen molar-refractivity contribution in [2.75, 3.05) is 0 Å². The number of imidazole rings is 1. The van der Waals surface area contributed by atoms with E-state index in [0.717, 1.165) is 13.1 Å². The van der Waals surface area contributed by atoms with Crippen LogP contribution in [-0.2, 0) is 13.1 Å². The molecular weight excluding hydrogens is 212 g/mol. The number of fused-ring (bicyclic) bond motifs is 2. The van der Waals surface area contributed by atoms with E-state index in [4.69, 9.17) is 5.73 Å². The highest BCUT2D eigenvalue weighted by atomic mass is 15.3. The van der Waals surface area contributed by atoms with Crippen LogP contribution < -0.4 is 5.73 Å². The Balaban J connectivity index is 1.74. The summed E-state index contributed by atoms with van der Waals surface area (Å²) < 4.78 is 2.24. The second-order valence-electron chi connectivity index (χ2n) is 5.42. The fourth-order valence-electron chi connectivity index (χ4n) is 3.52. The van der Waals surface area contributed by atoms with Gasteiger partial charge in [-0.1, -0.05) is 0 Å². The molecule has 0 saturated carbocycles. The summed E-state index contributed by atoms with van der Waals surface area (Å²) in [4.78, 5) is 7.12. The lowest BCUT2D eigenvalue weighted by molar-refractivity contribution is 0.115. The summed E-state index contributed by atoms with van der Waals surface area (Å²) in [5.41, 5.74) is 6.10. The monoisotopic (exact) mass is 234 g/mol. The smallest absolute Gasteiger partial charge is 0.122 e. The molecular formula is C13H22N4. The first kappa shape index (κ1) is 11.2. The van der Waals surface area contributed by atoms with E-state index in [1.54, 1.807) is 0 Å². The Kier molecular flexibility index (Phi) is 2.92. The van der Waals surface area contributed by atoms with E-state index in [-0.39, 0.29) is 0 Å². The lowest BCUT2D eigenvalue weighted by atomic mass is 9.98. The number of piperidine rings is 1. The SMILES string of the molecule is CCn1ccnc1CN1C2CCC1CC(N)C2. The van der Waals surface area contributed by atoms with E-state index in [9.17, 15) is 0 Å². The van der Waals surface area contributed by atoms with Crippen molar-refractivity contribution in [3.8, 4) is 0 Å². The van der Waals surface area contributed by atoms with Gasteiger partial charge in [0.25, 0.3) is 0 Å². The molecule has 17 heavy (non-hydrogen) atoms. The highest BCUT2D eigenvalue weighted by Gasteiger charge is 2.39. The van der Waals surface area contributed by atoms with Crippen LogP contribution in [0.1, 0.15) is 38.4 Å². The van der Waals surface area contributed by atoms with Gasteiger partial charge >= 0.3 is 0 Å². The van der Waals surface area contributed by atoms with Gasteiger partial charge in [-0.15, -0.1) is 0 Å². The van der Waals surface area contributed by atoms with Crippen molar-refractivity contribution in [1.82, 2.24) is 14.5 Å². The molecule has 3 heterocycles. The third kappa shape index (κ3) is 2.00. The summed E-state index contributed by atoms with van der Waals surface area (Å²) in [7, 11) is 0. The molecule has 2 unspecified atom stereocenters. The normalized spacial score (nSPS) is 33.2. The van der Waals surface area contributed by atoms with E-state index in [2.05, 4.69) is 27.6 Å². The van der Waals surface area contributed by atoms with Crippen molar-refractivity contribution in [1.29, 1.82) is 0 Å². The molecule has 2 aliphatic rings. The Labute approximate surface area is 103 Å². The van der Waals surface area contributed by atoms with Crippen LogP contribution in [0, 0.1) is 0 Å². The molecule has 0 spiro atoms. The third-order valence-corrected chi connectivity index (χ3v) is 4.39. The third-order valence-electron chi connectivity index (χ3n) is 4.39. The zero-order valence-corrected chi connectivity index (χ0v) is 10.5. The van der Waals surface area contributed by atoms with Crippen LogP contribution in [0.5, 0.6) is 0 Å². The lowest BCUT2D eigenvalue weighted by Gasteiger charge is -2.37. The fraction of sp³-hybridized carbons (Fsp3) is 0.769. The summed E-state index contributed by atoms with van der Waals surface area (Å²) in [5.74, 6) is 1.21. The van der Waals surface area contributed by atoms with Gasteiger partial charge in [0.05, 0.1) is 6.54 Å². The Morgan fingerprint density at radius 3 is 2.71 bits per heavy atom. The molecule has 2 aliphatic heterocycles. The van der Waals surface area contributed by atoms with Crippen molar-refractivity contribution in [2.45, 2.75) is 63.8 Å². The summed E-state index contributed by atoms with van der Waals surface area (Å²) in [6.45, 7) is 4.19. The highest BCUT2D eigenvalue weighted by molar-refractivity contribution is 5.00. The van der Waals surface area contributed by atoms with Gasteiger partial charge in [-0.05, 0) is 32.6 Å². The van der Waals surface area contributed by atoms with Crippen LogP contribution in [0.4, 0.5) is 0 Å². The minimum atomic E-state index is 0.426. The Hall–Kier alpha value is -0.870. The molecule has 0 radical (unpaired) electrons. The minimum Gasteiger partial charge on any atom is -0.334 e. The zero-order chi connectivity index (χ0) is 11.8. The lowest BCUT2D eigenvalue weighted by Crippen LogP contribution is -2.47. The maximum absolute atomic E-state index is 6.10. The average molecular weight is 234 g/mol. The van der Waals surface area contributed by atoms with Crippen LogP contribution in [-0.4, -0.2) is 32.6 Å². The number of hydrogen-bond acceptors (Lipinski definition) is 3. The van der Waals surface area contributed by atoms with Gasteiger partial charge < -0.3 is 10.3 Å². The zero-order valence-electron chi connectivity index (χ0n) is 10.5. The number of aromatic nitrogens is 2. The molecule has 1 aromatic heterocycles. The number of aryl methyl sites for hydroxylation is 1. The average Bonchev–Trinajstić information content (AvgIpc) is 2.84. The molecule has 4 heteroatoms. The molecule has 0 aromatic carbocycles. The van der Waals surface area contributed by atoms with Crippen molar-refractivity contribution in [3.63, 3.8) is 0 Å². The standard InChI is InChI=1S/C13H22N4/c1-2-16-6-5-15-13(16)9-17-11-3-4-12(17)8-10(14)7-11/h5-6,10-12H,2-4,7-9,14H2,1H3. The van der Waals surface area contributed by atoms with Gasteiger partial charge in [0.2, 0.25) is 0 Å². The summed E-state index contributed by atoms with van der Waals surface area (Å²) in [6.07, 6.45) is 8.98. The van der Waals surface area contributed by atoms with Gasteiger partial charge in [0, 0.05) is 37.1 Å². The topological polar surface area (TPSA) is 47.1 Å². The summed E-state index contributed by atoms with van der Waals surface area (Å²) >= 11 is 0. The molecule has 2 fully saturated rings. The second-order valence-corrected chi connectivity index (χ2v) is 5.42. The first-order valence-electron chi connectivity index (χ1n) is 6.79. The number of hydrogen-bond donors (Lipinski definition) is 1. The van der Waals surface area contributed by atoms with Gasteiger partial charge in [0.1, 0.15) is 5.82 Å². The summed E-state index contributed by atoms with van der Waals surface area (Å²) in [6, 6.07) is 1.83. The van der Waals surface area contributed by atoms with Gasteiger partial charge in [-0.2, -0.15) is 0 Å².